The molecule has 1 N–H and O–H groups in total. The molecular weight excluding hydrogens is 245 g/mol. The average Bonchev–Trinajstić information content (AvgIpc) is 3.18. The van der Waals surface area contributed by atoms with E-state index < -0.39 is 0 Å². The van der Waals surface area contributed by atoms with Crippen molar-refractivity contribution >= 4 is 11.8 Å². The molecule has 0 radical (unpaired) electrons. The third-order valence-corrected chi connectivity index (χ3v) is 4.60. The lowest BCUT2D eigenvalue weighted by Gasteiger charge is -2.17. The number of halogens is 1. The van der Waals surface area contributed by atoms with Gasteiger partial charge < -0.3 is 5.32 Å². The molecule has 0 amide bonds. The number of rotatable bonds is 8. The third-order valence-electron chi connectivity index (χ3n) is 3.39. The Kier molecular flexibility index (Phi) is 5.51. The summed E-state index contributed by atoms with van der Waals surface area (Å²) in [7, 11) is 0. The summed E-state index contributed by atoms with van der Waals surface area (Å²) >= 11 is 1.63. The molecule has 0 aromatic heterocycles. The lowest BCUT2D eigenvalue weighted by molar-refractivity contribution is 0.501. The molecule has 1 aliphatic carbocycles. The van der Waals surface area contributed by atoms with Crippen LogP contribution in [0.2, 0.25) is 0 Å². The molecule has 3 heteroatoms. The predicted octanol–water partition coefficient (Wildman–Crippen LogP) is 4.09. The number of hydrogen-bond donors (Lipinski definition) is 1. The van der Waals surface area contributed by atoms with Gasteiger partial charge in [-0.25, -0.2) is 4.39 Å². The van der Waals surface area contributed by atoms with Gasteiger partial charge in [-0.2, -0.15) is 0 Å². The van der Waals surface area contributed by atoms with Crippen molar-refractivity contribution in [3.05, 3.63) is 30.1 Å². The fourth-order valence-electron chi connectivity index (χ4n) is 2.13. The smallest absolute Gasteiger partial charge is 0.136 e. The maximum Gasteiger partial charge on any atom is 0.136 e. The number of benzene rings is 1. The third kappa shape index (κ3) is 4.62. The predicted molar refractivity (Wildman–Crippen MR) is 76.5 cm³/mol. The second-order valence-electron chi connectivity index (χ2n) is 5.02. The van der Waals surface area contributed by atoms with Crippen LogP contribution in [0, 0.1) is 11.7 Å². The minimum absolute atomic E-state index is 0.0973. The first-order valence-electron chi connectivity index (χ1n) is 6.90. The lowest BCUT2D eigenvalue weighted by Crippen LogP contribution is -2.31. The highest BCUT2D eigenvalue weighted by Gasteiger charge is 2.22. The Morgan fingerprint density at radius 3 is 2.83 bits per heavy atom. The molecular formula is C15H22FNS. The molecule has 1 fully saturated rings. The van der Waals surface area contributed by atoms with E-state index in [2.05, 4.69) is 12.2 Å². The summed E-state index contributed by atoms with van der Waals surface area (Å²) in [4.78, 5) is 0.770. The van der Waals surface area contributed by atoms with Gasteiger partial charge in [0.05, 0.1) is 0 Å². The first-order chi connectivity index (χ1) is 8.79. The van der Waals surface area contributed by atoms with Crippen molar-refractivity contribution < 1.29 is 4.39 Å². The monoisotopic (exact) mass is 267 g/mol. The van der Waals surface area contributed by atoms with Crippen molar-refractivity contribution in [3.8, 4) is 0 Å². The maximum atomic E-state index is 13.5. The van der Waals surface area contributed by atoms with Gasteiger partial charge in [0.2, 0.25) is 0 Å². The van der Waals surface area contributed by atoms with Gasteiger partial charge in [-0.1, -0.05) is 31.9 Å². The van der Waals surface area contributed by atoms with Gasteiger partial charge >= 0.3 is 0 Å². The summed E-state index contributed by atoms with van der Waals surface area (Å²) < 4.78 is 13.5. The van der Waals surface area contributed by atoms with Crippen LogP contribution in [0.25, 0.3) is 0 Å². The Labute approximate surface area is 114 Å². The molecule has 1 aromatic carbocycles. The SMILES string of the molecule is CCNC(CCC1CC1)CSc1ccccc1F. The maximum absolute atomic E-state index is 13.5. The van der Waals surface area contributed by atoms with Crippen molar-refractivity contribution in [2.45, 2.75) is 43.5 Å². The minimum Gasteiger partial charge on any atom is -0.313 e. The fourth-order valence-corrected chi connectivity index (χ4v) is 3.17. The highest BCUT2D eigenvalue weighted by Crippen LogP contribution is 2.34. The summed E-state index contributed by atoms with van der Waals surface area (Å²) in [5.74, 6) is 1.84. The van der Waals surface area contributed by atoms with Gasteiger partial charge in [-0.3, -0.25) is 0 Å². The molecule has 0 aliphatic heterocycles. The molecule has 0 spiro atoms. The van der Waals surface area contributed by atoms with E-state index in [1.54, 1.807) is 17.8 Å². The van der Waals surface area contributed by atoms with Crippen LogP contribution in [0.15, 0.2) is 29.2 Å². The number of nitrogens with one attached hydrogen (secondary N) is 1. The van der Waals surface area contributed by atoms with Crippen molar-refractivity contribution in [1.82, 2.24) is 5.32 Å². The van der Waals surface area contributed by atoms with E-state index in [0.717, 1.165) is 23.1 Å². The summed E-state index contributed by atoms with van der Waals surface area (Å²) in [6.07, 6.45) is 5.38. The van der Waals surface area contributed by atoms with Crippen molar-refractivity contribution in [3.63, 3.8) is 0 Å². The van der Waals surface area contributed by atoms with Crippen molar-refractivity contribution in [2.75, 3.05) is 12.3 Å². The topological polar surface area (TPSA) is 12.0 Å². The second-order valence-corrected chi connectivity index (χ2v) is 6.08. The first kappa shape index (κ1) is 13.9. The van der Waals surface area contributed by atoms with E-state index in [0.29, 0.717) is 6.04 Å². The highest BCUT2D eigenvalue weighted by atomic mass is 32.2. The molecule has 18 heavy (non-hydrogen) atoms. The zero-order valence-corrected chi connectivity index (χ0v) is 11.8. The molecule has 1 unspecified atom stereocenters. The molecule has 1 aromatic rings. The van der Waals surface area contributed by atoms with E-state index in [9.17, 15) is 4.39 Å². The van der Waals surface area contributed by atoms with Crippen LogP contribution in [0.3, 0.4) is 0 Å². The normalized spacial score (nSPS) is 16.8. The standard InChI is InChI=1S/C15H22FNS/c1-2-17-13(10-9-12-7-8-12)11-18-15-6-4-3-5-14(15)16/h3-6,12-13,17H,2,7-11H2,1H3. The van der Waals surface area contributed by atoms with Gasteiger partial charge in [-0.05, 0) is 37.4 Å². The summed E-state index contributed by atoms with van der Waals surface area (Å²) in [5, 5.41) is 3.51. The van der Waals surface area contributed by atoms with Gasteiger partial charge in [0.1, 0.15) is 5.82 Å². The van der Waals surface area contributed by atoms with Crippen LogP contribution in [0.5, 0.6) is 0 Å². The average molecular weight is 267 g/mol. The number of thioether (sulfide) groups is 1. The van der Waals surface area contributed by atoms with Gasteiger partial charge in [-0.15, -0.1) is 11.8 Å². The Bertz CT molecular complexity index is 365. The van der Waals surface area contributed by atoms with Crippen molar-refractivity contribution in [2.24, 2.45) is 5.92 Å². The van der Waals surface area contributed by atoms with Crippen LogP contribution < -0.4 is 5.32 Å². The summed E-state index contributed by atoms with van der Waals surface area (Å²) in [6, 6.07) is 7.56. The van der Waals surface area contributed by atoms with Crippen LogP contribution in [-0.2, 0) is 0 Å². The van der Waals surface area contributed by atoms with Crippen LogP contribution in [-0.4, -0.2) is 18.3 Å². The first-order valence-corrected chi connectivity index (χ1v) is 7.89. The van der Waals surface area contributed by atoms with Crippen LogP contribution in [0.1, 0.15) is 32.6 Å². The fraction of sp³-hybridized carbons (Fsp3) is 0.600. The Morgan fingerprint density at radius 2 is 2.17 bits per heavy atom. The molecule has 0 bridgehead atoms. The second kappa shape index (κ2) is 7.15. The number of hydrogen-bond acceptors (Lipinski definition) is 2. The van der Waals surface area contributed by atoms with E-state index in [1.165, 1.54) is 31.7 Å². The largest absolute Gasteiger partial charge is 0.313 e. The van der Waals surface area contributed by atoms with Crippen LogP contribution >= 0.6 is 11.8 Å². The Morgan fingerprint density at radius 1 is 1.39 bits per heavy atom. The summed E-state index contributed by atoms with van der Waals surface area (Å²) in [6.45, 7) is 3.13. The molecule has 0 heterocycles. The Balaban J connectivity index is 1.78. The molecule has 0 saturated heterocycles. The quantitative estimate of drug-likeness (QED) is 0.712. The van der Waals surface area contributed by atoms with E-state index in [1.807, 2.05) is 12.1 Å². The molecule has 100 valence electrons. The van der Waals surface area contributed by atoms with E-state index >= 15 is 0 Å². The lowest BCUT2D eigenvalue weighted by atomic mass is 10.1. The van der Waals surface area contributed by atoms with Crippen LogP contribution in [0.4, 0.5) is 4.39 Å². The minimum atomic E-state index is -0.0973. The zero-order chi connectivity index (χ0) is 12.8. The van der Waals surface area contributed by atoms with E-state index in [-0.39, 0.29) is 5.82 Å². The zero-order valence-electron chi connectivity index (χ0n) is 11.0. The van der Waals surface area contributed by atoms with Gasteiger partial charge in [0, 0.05) is 16.7 Å². The molecule has 2 rings (SSSR count). The van der Waals surface area contributed by atoms with Gasteiger partial charge in [0.15, 0.2) is 0 Å². The Hall–Kier alpha value is -0.540. The summed E-state index contributed by atoms with van der Waals surface area (Å²) in [5.41, 5.74) is 0. The van der Waals surface area contributed by atoms with Crippen molar-refractivity contribution in [1.29, 1.82) is 0 Å². The van der Waals surface area contributed by atoms with E-state index in [4.69, 9.17) is 0 Å². The highest BCUT2D eigenvalue weighted by molar-refractivity contribution is 7.99. The molecule has 1 saturated carbocycles. The molecule has 1 atom stereocenters. The van der Waals surface area contributed by atoms with Gasteiger partial charge in [0.25, 0.3) is 0 Å². The molecule has 1 nitrogen and oxygen atoms in total. The molecule has 1 aliphatic rings.